The van der Waals surface area contributed by atoms with Crippen LogP contribution in [0.5, 0.6) is 23.0 Å². The molecule has 0 fully saturated rings. The summed E-state index contributed by atoms with van der Waals surface area (Å²) in [7, 11) is 0. The molecule has 0 aliphatic carbocycles. The van der Waals surface area contributed by atoms with Crippen molar-refractivity contribution in [3.8, 4) is 23.0 Å². The molecule has 172 valence electrons. The van der Waals surface area contributed by atoms with Crippen LogP contribution in [0.15, 0.2) is 40.9 Å². The average molecular weight is 520 g/mol. The molecule has 0 N–H and O–H groups in total. The van der Waals surface area contributed by atoms with E-state index in [4.69, 9.17) is 65.4 Å². The summed E-state index contributed by atoms with van der Waals surface area (Å²) in [4.78, 5) is 12.3. The Morgan fingerprint density at radius 3 is 2.34 bits per heavy atom. The van der Waals surface area contributed by atoms with Crippen molar-refractivity contribution in [2.75, 3.05) is 19.8 Å². The van der Waals surface area contributed by atoms with E-state index in [2.05, 4.69) is 0 Å². The van der Waals surface area contributed by atoms with E-state index in [9.17, 15) is 4.79 Å². The van der Waals surface area contributed by atoms with E-state index in [-0.39, 0.29) is 16.9 Å². The fourth-order valence-corrected chi connectivity index (χ4v) is 3.76. The maximum Gasteiger partial charge on any atom is 0.209 e. The molecule has 0 radical (unpaired) electrons. The molecule has 1 aliphatic rings. The molecule has 0 saturated carbocycles. The first kappa shape index (κ1) is 24.8. The smallest absolute Gasteiger partial charge is 0.209 e. The van der Waals surface area contributed by atoms with Gasteiger partial charge in [0, 0.05) is 12.1 Å². The van der Waals surface area contributed by atoms with Crippen LogP contribution in [0.1, 0.15) is 37.0 Å². The Morgan fingerprint density at radius 1 is 1.03 bits per heavy atom. The van der Waals surface area contributed by atoms with Crippen molar-refractivity contribution >= 4 is 52.2 Å². The fraction of sp³-hybridized carbons (Fsp3) is 0.348. The van der Waals surface area contributed by atoms with E-state index in [1.54, 1.807) is 44.2 Å². The van der Waals surface area contributed by atoms with Gasteiger partial charge in [0.15, 0.2) is 22.8 Å². The van der Waals surface area contributed by atoms with Crippen LogP contribution in [0.2, 0.25) is 10.0 Å². The molecular formula is C23H22Cl4O5. The molecule has 32 heavy (non-hydrogen) atoms. The Balaban J connectivity index is 1.45. The largest absolute Gasteiger partial charge is 0.490 e. The number of hydrogen-bond acceptors (Lipinski definition) is 5. The molecule has 1 aliphatic heterocycles. The number of hydrogen-bond donors (Lipinski definition) is 0. The maximum absolute atomic E-state index is 12.3. The molecule has 0 atom stereocenters. The summed E-state index contributed by atoms with van der Waals surface area (Å²) in [6.07, 6.45) is 2.94. The first-order valence-electron chi connectivity index (χ1n) is 9.94. The second kappa shape index (κ2) is 10.9. The predicted molar refractivity (Wildman–Crippen MR) is 127 cm³/mol. The lowest BCUT2D eigenvalue weighted by molar-refractivity contribution is 0.0677. The third-order valence-electron chi connectivity index (χ3n) is 4.63. The van der Waals surface area contributed by atoms with E-state index in [1.807, 2.05) is 0 Å². The van der Waals surface area contributed by atoms with Crippen LogP contribution in [0.25, 0.3) is 0 Å². The van der Waals surface area contributed by atoms with Gasteiger partial charge in [0.05, 0.1) is 28.8 Å². The summed E-state index contributed by atoms with van der Waals surface area (Å²) in [6.45, 7) is 4.54. The Kier molecular flexibility index (Phi) is 8.45. The Morgan fingerprint density at radius 2 is 1.69 bits per heavy atom. The minimum atomic E-state index is -0.872. The minimum Gasteiger partial charge on any atom is -0.490 e. The standard InChI is InChI=1S/C23H22Cl4O5/c1-23(2)22(28)15-6-5-7-18(20(15)32-23)30-9-3-4-10-31-21-16(24)12-14(13-17(21)25)29-11-8-19(26)27/h5-8,12-13H,3-4,9-11H2,1-2H3. The van der Waals surface area contributed by atoms with Crippen LogP contribution in [-0.2, 0) is 0 Å². The van der Waals surface area contributed by atoms with Crippen molar-refractivity contribution < 1.29 is 23.7 Å². The number of halogens is 4. The van der Waals surface area contributed by atoms with Crippen molar-refractivity contribution in [3.05, 3.63) is 56.5 Å². The number of para-hydroxylation sites is 1. The number of rotatable bonds is 10. The SMILES string of the molecule is CC1(C)Oc2c(OCCCCOc3c(Cl)cc(OCC=C(Cl)Cl)cc3Cl)cccc2C1=O. The fourth-order valence-electron chi connectivity index (χ4n) is 3.06. The van der Waals surface area contributed by atoms with Gasteiger partial charge in [0.2, 0.25) is 5.78 Å². The molecule has 0 bridgehead atoms. The molecule has 2 aromatic carbocycles. The summed E-state index contributed by atoms with van der Waals surface area (Å²) < 4.78 is 22.9. The van der Waals surface area contributed by atoms with Gasteiger partial charge in [-0.3, -0.25) is 4.79 Å². The van der Waals surface area contributed by atoms with Crippen molar-refractivity contribution in [3.63, 3.8) is 0 Å². The quantitative estimate of drug-likeness (QED) is 0.308. The third kappa shape index (κ3) is 6.16. The topological polar surface area (TPSA) is 54.0 Å². The minimum absolute atomic E-state index is 0.0455. The Bertz CT molecular complexity index is 992. The van der Waals surface area contributed by atoms with Crippen molar-refractivity contribution in [2.45, 2.75) is 32.3 Å². The highest BCUT2D eigenvalue weighted by atomic mass is 35.5. The summed E-state index contributed by atoms with van der Waals surface area (Å²) in [5.41, 5.74) is -0.322. The molecule has 3 rings (SSSR count). The number of Topliss-reactive ketones (excluding diaryl/α,β-unsaturated/α-hetero) is 1. The number of ether oxygens (including phenoxy) is 4. The number of carbonyl (C=O) groups is 1. The van der Waals surface area contributed by atoms with Crippen LogP contribution < -0.4 is 18.9 Å². The van der Waals surface area contributed by atoms with Crippen LogP contribution >= 0.6 is 46.4 Å². The highest BCUT2D eigenvalue weighted by Gasteiger charge is 2.41. The van der Waals surface area contributed by atoms with E-state index in [1.165, 1.54) is 6.08 Å². The Labute approximate surface area is 207 Å². The number of benzene rings is 2. The van der Waals surface area contributed by atoms with Crippen LogP contribution in [-0.4, -0.2) is 31.2 Å². The zero-order valence-electron chi connectivity index (χ0n) is 17.6. The lowest BCUT2D eigenvalue weighted by Gasteiger charge is -2.16. The van der Waals surface area contributed by atoms with Crippen LogP contribution in [0.4, 0.5) is 0 Å². The van der Waals surface area contributed by atoms with Gasteiger partial charge in [0.25, 0.3) is 0 Å². The normalized spacial score (nSPS) is 13.9. The lowest BCUT2D eigenvalue weighted by atomic mass is 10.00. The summed E-state index contributed by atoms with van der Waals surface area (Å²) in [5, 5.41) is 0.683. The van der Waals surface area contributed by atoms with Gasteiger partial charge in [-0.2, -0.15) is 0 Å². The second-order valence-corrected chi connectivity index (χ2v) is 9.32. The van der Waals surface area contributed by atoms with Gasteiger partial charge in [-0.1, -0.05) is 52.5 Å². The molecule has 0 aromatic heterocycles. The monoisotopic (exact) mass is 518 g/mol. The zero-order valence-corrected chi connectivity index (χ0v) is 20.6. The van der Waals surface area contributed by atoms with Gasteiger partial charge in [-0.25, -0.2) is 0 Å². The number of unbranched alkanes of at least 4 members (excludes halogenated alkanes) is 1. The van der Waals surface area contributed by atoms with Gasteiger partial charge in [-0.05, 0) is 44.9 Å². The molecule has 0 amide bonds. The van der Waals surface area contributed by atoms with Crippen molar-refractivity contribution in [1.29, 1.82) is 0 Å². The summed E-state index contributed by atoms with van der Waals surface area (Å²) in [6, 6.07) is 8.56. The first-order chi connectivity index (χ1) is 15.2. The molecule has 0 spiro atoms. The molecule has 2 aromatic rings. The van der Waals surface area contributed by atoms with Crippen LogP contribution in [0, 0.1) is 0 Å². The second-order valence-electron chi connectivity index (χ2n) is 7.50. The van der Waals surface area contributed by atoms with Gasteiger partial charge in [0.1, 0.15) is 16.8 Å². The summed E-state index contributed by atoms with van der Waals surface area (Å²) >= 11 is 23.6. The van der Waals surface area contributed by atoms with Gasteiger partial charge in [-0.15, -0.1) is 0 Å². The maximum atomic E-state index is 12.3. The molecule has 0 saturated heterocycles. The predicted octanol–water partition coefficient (Wildman–Crippen LogP) is 7.28. The highest BCUT2D eigenvalue weighted by Crippen LogP contribution is 2.42. The summed E-state index contributed by atoms with van der Waals surface area (Å²) in [5.74, 6) is 1.89. The average Bonchev–Trinajstić information content (AvgIpc) is 2.95. The van der Waals surface area contributed by atoms with E-state index >= 15 is 0 Å². The van der Waals surface area contributed by atoms with Crippen molar-refractivity contribution in [1.82, 2.24) is 0 Å². The number of fused-ring (bicyclic) bond motifs is 1. The first-order valence-corrected chi connectivity index (χ1v) is 11.5. The van der Waals surface area contributed by atoms with E-state index in [0.717, 1.165) is 6.42 Å². The van der Waals surface area contributed by atoms with Gasteiger partial charge >= 0.3 is 0 Å². The van der Waals surface area contributed by atoms with E-state index < -0.39 is 5.60 Å². The van der Waals surface area contributed by atoms with Crippen LogP contribution in [0.3, 0.4) is 0 Å². The molecule has 1 heterocycles. The molecule has 9 heteroatoms. The Hall–Kier alpha value is -1.79. The van der Waals surface area contributed by atoms with Crippen molar-refractivity contribution in [2.24, 2.45) is 0 Å². The highest BCUT2D eigenvalue weighted by molar-refractivity contribution is 6.55. The molecular weight excluding hydrogens is 498 g/mol. The number of carbonyl (C=O) groups excluding carboxylic acids is 1. The third-order valence-corrected chi connectivity index (χ3v) is 5.50. The number of ketones is 1. The molecule has 5 nitrogen and oxygen atoms in total. The lowest BCUT2D eigenvalue weighted by Crippen LogP contribution is -2.31. The van der Waals surface area contributed by atoms with Gasteiger partial charge < -0.3 is 18.9 Å². The molecule has 0 unspecified atom stereocenters. The van der Waals surface area contributed by atoms with E-state index in [0.29, 0.717) is 58.2 Å². The zero-order chi connectivity index (χ0) is 23.3.